The molecule has 5 N–H and O–H groups in total. The number of imidazole rings is 1. The maximum atomic E-state index is 14.6. The minimum absolute atomic E-state index is 0.0255. The Morgan fingerprint density at radius 2 is 1.66 bits per heavy atom. The van der Waals surface area contributed by atoms with E-state index in [-0.39, 0.29) is 53.4 Å². The number of rotatable bonds is 8. The second-order valence-electron chi connectivity index (χ2n) is 19.3. The Morgan fingerprint density at radius 1 is 1.04 bits per heavy atom. The van der Waals surface area contributed by atoms with Crippen molar-refractivity contribution in [1.82, 2.24) is 24.4 Å². The van der Waals surface area contributed by atoms with Crippen molar-refractivity contribution in [2.24, 2.45) is 16.6 Å². The van der Waals surface area contributed by atoms with Crippen molar-refractivity contribution in [2.45, 2.75) is 154 Å². The highest BCUT2D eigenvalue weighted by molar-refractivity contribution is 6.87. The zero-order chi connectivity index (χ0) is 42.1. The summed E-state index contributed by atoms with van der Waals surface area (Å²) in [4.78, 5) is 69.5. The van der Waals surface area contributed by atoms with Crippen LogP contribution in [0.15, 0.2) is 16.1 Å². The number of nitrogen functional groups attached to an aromatic ring is 1. The molecule has 20 heteroatoms. The number of hydrogen-bond acceptors (Lipinski definition) is 13. The minimum atomic E-state index is -2.64. The number of fused-ring (bicyclic) bond motifs is 1. The summed E-state index contributed by atoms with van der Waals surface area (Å²) in [5.41, 5.74) is 10.2. The van der Waals surface area contributed by atoms with Gasteiger partial charge < -0.3 is 39.3 Å². The lowest BCUT2D eigenvalue weighted by Gasteiger charge is -2.42. The fraction of sp³-hybridized carbons (Fsp3) is 0.750. The lowest BCUT2D eigenvalue weighted by atomic mass is 9.96. The number of Topliss-reactive ketones (excluding diaryl/α,β-unsaturated/α-hetero) is 1. The van der Waals surface area contributed by atoms with Gasteiger partial charge in [0.05, 0.1) is 6.33 Å². The number of nitrogens with zero attached hydrogens (tertiary/aromatic N) is 5. The molecule has 0 bridgehead atoms. The van der Waals surface area contributed by atoms with Crippen LogP contribution in [0.4, 0.5) is 15.5 Å². The van der Waals surface area contributed by atoms with Crippen LogP contribution in [0.5, 0.6) is 0 Å². The molecule has 56 heavy (non-hydrogen) atoms. The zero-order valence-electron chi connectivity index (χ0n) is 35.1. The Labute approximate surface area is 330 Å². The SMILES string of the molecule is CC(C)C(=O)C12O[SiH](C(C)(C)C)O[C@H]3[C@@H](OCCCN(C(=O)OC(C)(C)C)C(N)=NC(=O)OC(C)(C)C)[C@H](n4cnc5c(=O)[nH]c(N)nc54)O[C@@]31[SiH]2C(C)(C)C. The molecule has 5 heterocycles. The van der Waals surface area contributed by atoms with Crippen molar-refractivity contribution < 1.29 is 42.2 Å². The average Bonchev–Trinajstić information content (AvgIpc) is 3.22. The number of hydrogen-bond donors (Lipinski definition) is 3. The number of nitrogens with two attached hydrogens (primary N) is 2. The van der Waals surface area contributed by atoms with Gasteiger partial charge >= 0.3 is 21.5 Å². The van der Waals surface area contributed by atoms with Gasteiger partial charge in [-0.05, 0) is 53.0 Å². The van der Waals surface area contributed by atoms with Crippen LogP contribution < -0.4 is 17.0 Å². The van der Waals surface area contributed by atoms with Gasteiger partial charge in [-0.3, -0.25) is 19.1 Å². The standard InChI is InChI=1S/C36H60N8O10Si2/c1-19(2)22(45)35-36(55(35)33(9,10)11)23(53-56(54-35)34(12,13)14)21(26(50-36)44-18-39-20-24(44)40-27(37)41-25(20)46)49-17-15-16-43(30(48)52-32(6,7)8)28(38)42-29(47)51-31(3,4)5/h18-19,21,23,26,55-56H,15-17H2,1-14H3,(H2,38,42,47)(H3,37,40,41,46)/t21-,23+,26-,35?,36-,55?,56?/m1/s1. The number of ketones is 1. The molecule has 18 nitrogen and oxygen atoms in total. The number of aromatic amines is 1. The van der Waals surface area contributed by atoms with Gasteiger partial charge in [0.15, 0.2) is 23.2 Å². The molecule has 2 aromatic rings. The van der Waals surface area contributed by atoms with Crippen LogP contribution in [0.2, 0.25) is 10.1 Å². The first kappa shape index (κ1) is 43.4. The minimum Gasteiger partial charge on any atom is -0.443 e. The third-order valence-electron chi connectivity index (χ3n) is 9.73. The molecule has 5 rings (SSSR count). The summed E-state index contributed by atoms with van der Waals surface area (Å²) in [6.45, 7) is 26.3. The van der Waals surface area contributed by atoms with Gasteiger partial charge in [-0.1, -0.05) is 55.4 Å². The Balaban J connectivity index is 1.55. The van der Waals surface area contributed by atoms with Crippen molar-refractivity contribution in [3.05, 3.63) is 16.7 Å². The second-order valence-corrected chi connectivity index (χ2v) is 26.4. The van der Waals surface area contributed by atoms with E-state index in [4.69, 9.17) is 39.3 Å². The van der Waals surface area contributed by atoms with E-state index < -0.39 is 86.9 Å². The van der Waals surface area contributed by atoms with E-state index in [0.29, 0.717) is 0 Å². The number of anilines is 1. The van der Waals surface area contributed by atoms with E-state index >= 15 is 0 Å². The number of H-pyrrole nitrogens is 1. The van der Waals surface area contributed by atoms with E-state index in [1.165, 1.54) is 6.33 Å². The summed E-state index contributed by atoms with van der Waals surface area (Å²) >= 11 is 0. The smallest absolute Gasteiger partial charge is 0.437 e. The maximum Gasteiger partial charge on any atom is 0.437 e. The molecule has 1 spiro atoms. The average molecular weight is 821 g/mol. The van der Waals surface area contributed by atoms with E-state index in [9.17, 15) is 19.2 Å². The third kappa shape index (κ3) is 8.04. The fourth-order valence-electron chi connectivity index (χ4n) is 7.84. The van der Waals surface area contributed by atoms with Crippen LogP contribution in [-0.4, -0.2) is 113 Å². The highest BCUT2D eigenvalue weighted by Gasteiger charge is 2.94. The summed E-state index contributed by atoms with van der Waals surface area (Å²) in [6, 6.07) is 0. The number of nitrogens with one attached hydrogen (secondary N) is 1. The van der Waals surface area contributed by atoms with Crippen LogP contribution in [0.25, 0.3) is 11.2 Å². The zero-order valence-corrected chi connectivity index (χ0v) is 37.4. The first-order chi connectivity index (χ1) is 25.5. The monoisotopic (exact) mass is 820 g/mol. The molecule has 2 aromatic heterocycles. The lowest BCUT2D eigenvalue weighted by Crippen LogP contribution is -2.59. The number of carbonyl (C=O) groups is 3. The van der Waals surface area contributed by atoms with E-state index in [0.717, 1.165) is 4.90 Å². The molecule has 3 saturated heterocycles. The Hall–Kier alpha value is -3.70. The van der Waals surface area contributed by atoms with Crippen LogP contribution >= 0.6 is 0 Å². The predicted molar refractivity (Wildman–Crippen MR) is 213 cm³/mol. The van der Waals surface area contributed by atoms with E-state index in [1.807, 2.05) is 34.6 Å². The molecular weight excluding hydrogens is 761 g/mol. The first-order valence-electron chi connectivity index (χ1n) is 19.0. The Bertz CT molecular complexity index is 1940. The highest BCUT2D eigenvalue weighted by Crippen LogP contribution is 2.71. The van der Waals surface area contributed by atoms with E-state index in [2.05, 4.69) is 40.7 Å². The molecule has 3 unspecified atom stereocenters. The number of ether oxygens (including phenoxy) is 4. The summed E-state index contributed by atoms with van der Waals surface area (Å²) < 4.78 is 40.5. The summed E-state index contributed by atoms with van der Waals surface area (Å²) in [6.07, 6.45) is -2.73. The summed E-state index contributed by atoms with van der Waals surface area (Å²) in [5.74, 6) is -0.904. The van der Waals surface area contributed by atoms with Gasteiger partial charge in [0.2, 0.25) is 11.9 Å². The summed E-state index contributed by atoms with van der Waals surface area (Å²) in [7, 11) is -5.06. The number of guanidine groups is 1. The molecule has 312 valence electrons. The number of carbonyl (C=O) groups excluding carboxylic acids is 3. The molecular formula is C36H60N8O10Si2. The molecule has 3 aliphatic heterocycles. The van der Waals surface area contributed by atoms with Crippen molar-refractivity contribution in [3.63, 3.8) is 0 Å². The van der Waals surface area contributed by atoms with Crippen molar-refractivity contribution in [2.75, 3.05) is 18.9 Å². The molecule has 0 radical (unpaired) electrons. The Morgan fingerprint density at radius 3 is 2.21 bits per heavy atom. The highest BCUT2D eigenvalue weighted by atomic mass is 28.3. The number of amides is 2. The van der Waals surface area contributed by atoms with Gasteiger partial charge in [0, 0.05) is 24.1 Å². The lowest BCUT2D eigenvalue weighted by molar-refractivity contribution is -0.150. The molecule has 0 aliphatic carbocycles. The van der Waals surface area contributed by atoms with Gasteiger partial charge in [0.1, 0.15) is 42.7 Å². The first-order valence-corrected chi connectivity index (χ1v) is 22.3. The second kappa shape index (κ2) is 14.6. The van der Waals surface area contributed by atoms with Crippen molar-refractivity contribution in [3.8, 4) is 0 Å². The fourth-order valence-corrected chi connectivity index (χ4v) is 16.7. The van der Waals surface area contributed by atoms with Crippen LogP contribution in [0, 0.1) is 5.92 Å². The normalized spacial score (nSPS) is 28.2. The summed E-state index contributed by atoms with van der Waals surface area (Å²) in [5, 5.41) is -3.12. The molecule has 0 aromatic carbocycles. The van der Waals surface area contributed by atoms with Crippen molar-refractivity contribution >= 4 is 59.1 Å². The van der Waals surface area contributed by atoms with Crippen LogP contribution in [0.1, 0.15) is 110 Å². The van der Waals surface area contributed by atoms with Gasteiger partial charge in [-0.15, -0.1) is 4.99 Å². The molecule has 0 saturated carbocycles. The van der Waals surface area contributed by atoms with Crippen molar-refractivity contribution in [1.29, 1.82) is 0 Å². The molecule has 7 atom stereocenters. The van der Waals surface area contributed by atoms with Gasteiger partial charge in [-0.2, -0.15) is 4.98 Å². The Kier molecular flexibility index (Phi) is 11.3. The maximum absolute atomic E-state index is 14.6. The van der Waals surface area contributed by atoms with E-state index in [1.54, 1.807) is 46.1 Å². The van der Waals surface area contributed by atoms with Crippen LogP contribution in [0.3, 0.4) is 0 Å². The van der Waals surface area contributed by atoms with Gasteiger partial charge in [0.25, 0.3) is 5.56 Å². The van der Waals surface area contributed by atoms with Gasteiger partial charge in [-0.25, -0.2) is 19.5 Å². The molecule has 3 fully saturated rings. The number of aliphatic imine (C=N–C) groups is 1. The molecule has 2 amide bonds. The third-order valence-corrected chi connectivity index (χ3v) is 17.4. The largest absolute Gasteiger partial charge is 0.443 e. The quantitative estimate of drug-likeness (QED) is 0.149. The number of aromatic nitrogens is 4. The molecule has 3 aliphatic rings. The topological polar surface area (TPSA) is 238 Å². The van der Waals surface area contributed by atoms with Crippen LogP contribution in [-0.2, 0) is 32.6 Å². The predicted octanol–water partition coefficient (Wildman–Crippen LogP) is 3.75.